The van der Waals surface area contributed by atoms with Crippen LogP contribution in [0.25, 0.3) is 0 Å². The molecule has 1 heterocycles. The van der Waals surface area contributed by atoms with Crippen molar-refractivity contribution in [3.63, 3.8) is 0 Å². The van der Waals surface area contributed by atoms with Crippen LogP contribution in [0.4, 0.5) is 4.39 Å². The summed E-state index contributed by atoms with van der Waals surface area (Å²) < 4.78 is 13.8. The van der Waals surface area contributed by atoms with Gasteiger partial charge in [0.05, 0.1) is 4.47 Å². The molecule has 1 aliphatic heterocycles. The quantitative estimate of drug-likeness (QED) is 0.894. The second-order valence-electron chi connectivity index (χ2n) is 4.03. The number of likely N-dealkylation sites (tertiary alicyclic amines) is 1. The van der Waals surface area contributed by atoms with E-state index in [4.69, 9.17) is 5.73 Å². The third-order valence-electron chi connectivity index (χ3n) is 2.70. The Hall–Kier alpha value is -0.450. The molecule has 0 aromatic heterocycles. The molecule has 2 rings (SSSR count). The topological polar surface area (TPSA) is 29.3 Å². The van der Waals surface area contributed by atoms with Crippen molar-refractivity contribution in [3.05, 3.63) is 34.1 Å². The number of hydrogen-bond donors (Lipinski definition) is 1. The van der Waals surface area contributed by atoms with Crippen molar-refractivity contribution < 1.29 is 4.39 Å². The predicted octanol–water partition coefficient (Wildman–Crippen LogP) is 2.12. The van der Waals surface area contributed by atoms with Crippen molar-refractivity contribution in [1.29, 1.82) is 0 Å². The van der Waals surface area contributed by atoms with Crippen LogP contribution in [0.2, 0.25) is 0 Å². The number of rotatable bonds is 2. The molecular weight excluding hydrogens is 259 g/mol. The second-order valence-corrected chi connectivity index (χ2v) is 4.89. The number of benzene rings is 1. The van der Waals surface area contributed by atoms with E-state index in [0.717, 1.165) is 31.6 Å². The number of nitrogens with two attached hydrogens (primary N) is 1. The van der Waals surface area contributed by atoms with Gasteiger partial charge in [-0.25, -0.2) is 4.39 Å². The molecule has 2 nitrogen and oxygen atoms in total. The molecular formula is C11H14BrFN2. The van der Waals surface area contributed by atoms with E-state index < -0.39 is 0 Å². The van der Waals surface area contributed by atoms with Crippen LogP contribution in [-0.4, -0.2) is 24.0 Å². The summed E-state index contributed by atoms with van der Waals surface area (Å²) in [5, 5.41) is 0. The minimum Gasteiger partial charge on any atom is -0.326 e. The first-order valence-corrected chi connectivity index (χ1v) is 5.86. The highest BCUT2D eigenvalue weighted by Crippen LogP contribution is 2.18. The fourth-order valence-electron chi connectivity index (χ4n) is 1.90. The first kappa shape index (κ1) is 11.0. The van der Waals surface area contributed by atoms with Crippen LogP contribution in [0.1, 0.15) is 12.0 Å². The predicted molar refractivity (Wildman–Crippen MR) is 62.0 cm³/mol. The molecule has 0 bridgehead atoms. The molecule has 2 N–H and O–H groups in total. The van der Waals surface area contributed by atoms with Crippen molar-refractivity contribution in [1.82, 2.24) is 4.90 Å². The number of hydrogen-bond acceptors (Lipinski definition) is 2. The van der Waals surface area contributed by atoms with Gasteiger partial charge in [0.25, 0.3) is 0 Å². The molecule has 4 heteroatoms. The summed E-state index contributed by atoms with van der Waals surface area (Å²) >= 11 is 3.14. The van der Waals surface area contributed by atoms with E-state index in [9.17, 15) is 4.39 Å². The van der Waals surface area contributed by atoms with Gasteiger partial charge in [-0.1, -0.05) is 6.07 Å². The van der Waals surface area contributed by atoms with Crippen LogP contribution in [0.5, 0.6) is 0 Å². The third-order valence-corrected chi connectivity index (χ3v) is 3.34. The Morgan fingerprint density at radius 2 is 2.33 bits per heavy atom. The molecule has 1 fully saturated rings. The Morgan fingerprint density at radius 1 is 1.53 bits per heavy atom. The first-order valence-electron chi connectivity index (χ1n) is 5.07. The molecule has 1 unspecified atom stereocenters. The van der Waals surface area contributed by atoms with Crippen LogP contribution >= 0.6 is 15.9 Å². The van der Waals surface area contributed by atoms with Crippen LogP contribution < -0.4 is 5.73 Å². The smallest absolute Gasteiger partial charge is 0.137 e. The van der Waals surface area contributed by atoms with E-state index in [1.165, 1.54) is 0 Å². The third kappa shape index (κ3) is 2.77. The van der Waals surface area contributed by atoms with Gasteiger partial charge in [-0.05, 0) is 40.0 Å². The minimum absolute atomic E-state index is 0.198. The molecule has 0 spiro atoms. The lowest BCUT2D eigenvalue weighted by atomic mass is 10.2. The van der Waals surface area contributed by atoms with E-state index >= 15 is 0 Å². The monoisotopic (exact) mass is 272 g/mol. The standard InChI is InChI=1S/C11H14BrFN2/c12-10-2-1-8(5-11(10)13)6-15-4-3-9(14)7-15/h1-2,5,9H,3-4,6-7,14H2. The summed E-state index contributed by atoms with van der Waals surface area (Å²) in [6.07, 6.45) is 1.04. The van der Waals surface area contributed by atoms with E-state index in [1.54, 1.807) is 12.1 Å². The van der Waals surface area contributed by atoms with Crippen molar-refractivity contribution in [2.45, 2.75) is 19.0 Å². The van der Waals surface area contributed by atoms with Crippen molar-refractivity contribution >= 4 is 15.9 Å². The maximum atomic E-state index is 13.2. The van der Waals surface area contributed by atoms with Crippen LogP contribution in [-0.2, 0) is 6.54 Å². The molecule has 0 radical (unpaired) electrons. The Balaban J connectivity index is 2.02. The van der Waals surface area contributed by atoms with Gasteiger partial charge >= 0.3 is 0 Å². The normalized spacial score (nSPS) is 22.2. The van der Waals surface area contributed by atoms with Crippen molar-refractivity contribution in [2.24, 2.45) is 5.73 Å². The Morgan fingerprint density at radius 3 is 2.93 bits per heavy atom. The second kappa shape index (κ2) is 4.60. The molecule has 1 aliphatic rings. The summed E-state index contributed by atoms with van der Waals surface area (Å²) in [5.41, 5.74) is 6.81. The molecule has 1 aromatic carbocycles. The summed E-state index contributed by atoms with van der Waals surface area (Å²) in [6.45, 7) is 2.72. The SMILES string of the molecule is NC1CCN(Cc2ccc(Br)c(F)c2)C1. The lowest BCUT2D eigenvalue weighted by Crippen LogP contribution is -2.26. The van der Waals surface area contributed by atoms with Gasteiger partial charge in [-0.15, -0.1) is 0 Å². The fourth-order valence-corrected chi connectivity index (χ4v) is 2.15. The molecule has 82 valence electrons. The van der Waals surface area contributed by atoms with Gasteiger partial charge in [0.15, 0.2) is 0 Å². The molecule has 1 saturated heterocycles. The van der Waals surface area contributed by atoms with Gasteiger partial charge in [-0.3, -0.25) is 4.90 Å². The largest absolute Gasteiger partial charge is 0.326 e. The Labute approximate surface area is 97.4 Å². The van der Waals surface area contributed by atoms with E-state index in [1.807, 2.05) is 6.07 Å². The lowest BCUT2D eigenvalue weighted by molar-refractivity contribution is 0.326. The van der Waals surface area contributed by atoms with Crippen LogP contribution in [0.3, 0.4) is 0 Å². The molecule has 0 aliphatic carbocycles. The van der Waals surface area contributed by atoms with Crippen LogP contribution in [0.15, 0.2) is 22.7 Å². The molecule has 0 amide bonds. The molecule has 15 heavy (non-hydrogen) atoms. The summed E-state index contributed by atoms with van der Waals surface area (Å²) in [4.78, 5) is 2.26. The van der Waals surface area contributed by atoms with Crippen molar-refractivity contribution in [2.75, 3.05) is 13.1 Å². The number of nitrogens with zero attached hydrogens (tertiary/aromatic N) is 1. The highest BCUT2D eigenvalue weighted by Gasteiger charge is 2.18. The Bertz CT molecular complexity index is 356. The van der Waals surface area contributed by atoms with E-state index in [-0.39, 0.29) is 11.9 Å². The zero-order valence-corrected chi connectivity index (χ0v) is 10.0. The van der Waals surface area contributed by atoms with Gasteiger partial charge < -0.3 is 5.73 Å². The molecule has 0 saturated carbocycles. The van der Waals surface area contributed by atoms with Crippen molar-refractivity contribution in [3.8, 4) is 0 Å². The average Bonchev–Trinajstić information content (AvgIpc) is 2.58. The average molecular weight is 273 g/mol. The van der Waals surface area contributed by atoms with Gasteiger partial charge in [-0.2, -0.15) is 0 Å². The first-order chi connectivity index (χ1) is 7.15. The zero-order chi connectivity index (χ0) is 10.8. The zero-order valence-electron chi connectivity index (χ0n) is 8.42. The molecule has 1 atom stereocenters. The van der Waals surface area contributed by atoms with Gasteiger partial charge in [0, 0.05) is 25.7 Å². The van der Waals surface area contributed by atoms with E-state index in [0.29, 0.717) is 4.47 Å². The Kier molecular flexibility index (Phi) is 3.38. The summed E-state index contributed by atoms with van der Waals surface area (Å²) in [6, 6.07) is 5.55. The van der Waals surface area contributed by atoms with Gasteiger partial charge in [0.2, 0.25) is 0 Å². The highest BCUT2D eigenvalue weighted by atomic mass is 79.9. The summed E-state index contributed by atoms with van der Waals surface area (Å²) in [5.74, 6) is -0.198. The maximum Gasteiger partial charge on any atom is 0.137 e. The lowest BCUT2D eigenvalue weighted by Gasteiger charge is -2.15. The van der Waals surface area contributed by atoms with E-state index in [2.05, 4.69) is 20.8 Å². The number of halogens is 2. The highest BCUT2D eigenvalue weighted by molar-refractivity contribution is 9.10. The minimum atomic E-state index is -0.198. The van der Waals surface area contributed by atoms with Gasteiger partial charge in [0.1, 0.15) is 5.82 Å². The fraction of sp³-hybridized carbons (Fsp3) is 0.455. The maximum absolute atomic E-state index is 13.2. The molecule has 1 aromatic rings. The van der Waals surface area contributed by atoms with Crippen LogP contribution in [0, 0.1) is 5.82 Å². The summed E-state index contributed by atoms with van der Waals surface area (Å²) in [7, 11) is 0.